The summed E-state index contributed by atoms with van der Waals surface area (Å²) in [5.74, 6) is 0.286. The molecule has 0 bridgehead atoms. The van der Waals surface area contributed by atoms with Crippen molar-refractivity contribution in [2.24, 2.45) is 5.10 Å². The van der Waals surface area contributed by atoms with Gasteiger partial charge in [0.15, 0.2) is 5.76 Å². The average Bonchev–Trinajstić information content (AvgIpc) is 3.10. The Morgan fingerprint density at radius 2 is 1.80 bits per heavy atom. The number of carbonyl (C=O) groups is 2. The third kappa shape index (κ3) is 4.11. The van der Waals surface area contributed by atoms with E-state index in [4.69, 9.17) is 16.0 Å². The first-order valence-corrected chi connectivity index (χ1v) is 9.87. The van der Waals surface area contributed by atoms with Gasteiger partial charge in [0.25, 0.3) is 11.8 Å². The van der Waals surface area contributed by atoms with Crippen LogP contribution in [0, 0.1) is 6.92 Å². The highest BCUT2D eigenvalue weighted by Crippen LogP contribution is 2.30. The van der Waals surface area contributed by atoms with Gasteiger partial charge in [-0.25, -0.2) is 5.43 Å². The van der Waals surface area contributed by atoms with Crippen LogP contribution in [0.25, 0.3) is 0 Å². The third-order valence-electron chi connectivity index (χ3n) is 4.87. The Morgan fingerprint density at radius 1 is 1.07 bits per heavy atom. The molecular formula is C22H19ClN4O3. The van der Waals surface area contributed by atoms with Crippen molar-refractivity contribution >= 4 is 34.8 Å². The van der Waals surface area contributed by atoms with Crippen LogP contribution in [0.2, 0.25) is 5.02 Å². The Bertz CT molecular complexity index is 1120. The molecule has 7 nitrogen and oxygen atoms in total. The maximum Gasteiger partial charge on any atom is 0.291 e. The van der Waals surface area contributed by atoms with E-state index in [0.29, 0.717) is 46.2 Å². The van der Waals surface area contributed by atoms with Crippen molar-refractivity contribution in [3.05, 3.63) is 82.0 Å². The van der Waals surface area contributed by atoms with Crippen LogP contribution in [0.4, 0.5) is 5.69 Å². The van der Waals surface area contributed by atoms with Gasteiger partial charge in [0.2, 0.25) is 0 Å². The van der Waals surface area contributed by atoms with Crippen LogP contribution < -0.4 is 10.7 Å². The van der Waals surface area contributed by atoms with E-state index in [1.54, 1.807) is 48.8 Å². The number of carbonyl (C=O) groups excluding carboxylic acids is 2. The SMILES string of the molecule is Cc1c(C(=O)Nc2ccncc2)oc2c1/C(=N/NC(=O)c1ccc(Cl)cc1)CCC2. The summed E-state index contributed by atoms with van der Waals surface area (Å²) < 4.78 is 5.87. The summed E-state index contributed by atoms with van der Waals surface area (Å²) in [5.41, 5.74) is 5.87. The Labute approximate surface area is 178 Å². The van der Waals surface area contributed by atoms with Crippen LogP contribution in [-0.2, 0) is 6.42 Å². The second-order valence-corrected chi connectivity index (χ2v) is 7.34. The molecule has 152 valence electrons. The lowest BCUT2D eigenvalue weighted by Crippen LogP contribution is -2.22. The van der Waals surface area contributed by atoms with Crippen LogP contribution >= 0.6 is 11.6 Å². The lowest BCUT2D eigenvalue weighted by atomic mass is 9.93. The monoisotopic (exact) mass is 422 g/mol. The van der Waals surface area contributed by atoms with Gasteiger partial charge >= 0.3 is 0 Å². The minimum Gasteiger partial charge on any atom is -0.455 e. The molecule has 8 heteroatoms. The zero-order valence-electron chi connectivity index (χ0n) is 16.2. The number of hydrogen-bond acceptors (Lipinski definition) is 5. The van der Waals surface area contributed by atoms with Crippen LogP contribution in [0.5, 0.6) is 0 Å². The predicted octanol–water partition coefficient (Wildman–Crippen LogP) is 4.36. The molecule has 0 radical (unpaired) electrons. The largest absolute Gasteiger partial charge is 0.455 e. The van der Waals surface area contributed by atoms with Crippen molar-refractivity contribution < 1.29 is 14.0 Å². The number of nitrogens with zero attached hydrogens (tertiary/aromatic N) is 2. The first-order chi connectivity index (χ1) is 14.5. The number of halogens is 1. The molecule has 2 amide bonds. The quantitative estimate of drug-likeness (QED) is 0.610. The fourth-order valence-electron chi connectivity index (χ4n) is 3.40. The number of benzene rings is 1. The smallest absolute Gasteiger partial charge is 0.291 e. The fourth-order valence-corrected chi connectivity index (χ4v) is 3.53. The van der Waals surface area contributed by atoms with Crippen molar-refractivity contribution in [3.63, 3.8) is 0 Å². The highest BCUT2D eigenvalue weighted by molar-refractivity contribution is 6.30. The maximum absolute atomic E-state index is 12.7. The molecule has 1 aromatic carbocycles. The van der Waals surface area contributed by atoms with Crippen LogP contribution in [-0.4, -0.2) is 22.5 Å². The van der Waals surface area contributed by atoms with Gasteiger partial charge in [0.1, 0.15) is 5.76 Å². The van der Waals surface area contributed by atoms with Crippen molar-refractivity contribution in [1.29, 1.82) is 0 Å². The third-order valence-corrected chi connectivity index (χ3v) is 5.12. The number of furan rings is 1. The number of aryl methyl sites for hydroxylation is 1. The number of anilines is 1. The van der Waals surface area contributed by atoms with Gasteiger partial charge in [-0.15, -0.1) is 0 Å². The minimum atomic E-state index is -0.336. The second kappa shape index (κ2) is 8.51. The van der Waals surface area contributed by atoms with E-state index in [0.717, 1.165) is 12.0 Å². The van der Waals surface area contributed by atoms with Gasteiger partial charge in [0.05, 0.1) is 5.71 Å². The minimum absolute atomic E-state index is 0.246. The molecule has 0 atom stereocenters. The molecule has 0 fully saturated rings. The molecule has 0 saturated heterocycles. The van der Waals surface area contributed by atoms with Crippen molar-refractivity contribution in [1.82, 2.24) is 10.4 Å². The standard InChI is InChI=1S/C22H19ClN4O3/c1-13-19-17(26-27-21(28)14-5-7-15(23)8-6-14)3-2-4-18(19)30-20(13)22(29)25-16-9-11-24-12-10-16/h5-12H,2-4H2,1H3,(H,27,28)(H,24,25,29)/b26-17+. The molecule has 0 saturated carbocycles. The summed E-state index contributed by atoms with van der Waals surface area (Å²) in [6.45, 7) is 1.83. The number of amides is 2. The summed E-state index contributed by atoms with van der Waals surface area (Å²) in [5, 5.41) is 7.69. The van der Waals surface area contributed by atoms with Crippen molar-refractivity contribution in [3.8, 4) is 0 Å². The molecule has 0 spiro atoms. The van der Waals surface area contributed by atoms with E-state index in [1.807, 2.05) is 6.92 Å². The summed E-state index contributed by atoms with van der Waals surface area (Å²) in [4.78, 5) is 29.0. The normalized spacial score (nSPS) is 14.3. The van der Waals surface area contributed by atoms with E-state index in [-0.39, 0.29) is 17.6 Å². The first-order valence-electron chi connectivity index (χ1n) is 9.49. The Hall–Kier alpha value is -3.45. The van der Waals surface area contributed by atoms with E-state index in [1.165, 1.54) is 0 Å². The summed E-state index contributed by atoms with van der Waals surface area (Å²) in [6, 6.07) is 9.97. The lowest BCUT2D eigenvalue weighted by molar-refractivity contribution is 0.0953. The summed E-state index contributed by atoms with van der Waals surface area (Å²) >= 11 is 5.86. The molecule has 0 aliphatic heterocycles. The van der Waals surface area contributed by atoms with E-state index >= 15 is 0 Å². The van der Waals surface area contributed by atoms with Gasteiger partial charge in [0, 0.05) is 46.2 Å². The zero-order valence-corrected chi connectivity index (χ0v) is 17.0. The Morgan fingerprint density at radius 3 is 2.53 bits per heavy atom. The van der Waals surface area contributed by atoms with Crippen LogP contribution in [0.3, 0.4) is 0 Å². The summed E-state index contributed by atoms with van der Waals surface area (Å²) in [6.07, 6.45) is 5.41. The van der Waals surface area contributed by atoms with Crippen molar-refractivity contribution in [2.45, 2.75) is 26.2 Å². The molecule has 2 N–H and O–H groups in total. The van der Waals surface area contributed by atoms with Gasteiger partial charge in [-0.2, -0.15) is 5.10 Å². The number of fused-ring (bicyclic) bond motifs is 1. The molecular weight excluding hydrogens is 404 g/mol. The Balaban J connectivity index is 1.56. The number of rotatable bonds is 4. The van der Waals surface area contributed by atoms with Gasteiger partial charge in [-0.05, 0) is 56.2 Å². The summed E-state index contributed by atoms with van der Waals surface area (Å²) in [7, 11) is 0. The van der Waals surface area contributed by atoms with Crippen molar-refractivity contribution in [2.75, 3.05) is 5.32 Å². The molecule has 2 heterocycles. The van der Waals surface area contributed by atoms with Crippen LogP contribution in [0.15, 0.2) is 58.3 Å². The molecule has 30 heavy (non-hydrogen) atoms. The highest BCUT2D eigenvalue weighted by Gasteiger charge is 2.28. The highest BCUT2D eigenvalue weighted by atomic mass is 35.5. The Kier molecular flexibility index (Phi) is 5.63. The second-order valence-electron chi connectivity index (χ2n) is 6.90. The number of aromatic nitrogens is 1. The zero-order chi connectivity index (χ0) is 21.1. The molecule has 1 aliphatic carbocycles. The molecule has 3 aromatic rings. The topological polar surface area (TPSA) is 96.6 Å². The van der Waals surface area contributed by atoms with Gasteiger partial charge in [-0.3, -0.25) is 14.6 Å². The van der Waals surface area contributed by atoms with E-state index in [2.05, 4.69) is 20.8 Å². The lowest BCUT2D eigenvalue weighted by Gasteiger charge is -2.13. The van der Waals surface area contributed by atoms with Crippen LogP contribution in [0.1, 0.15) is 50.6 Å². The number of pyridine rings is 1. The number of nitrogens with one attached hydrogen (secondary N) is 2. The number of hydrogen-bond donors (Lipinski definition) is 2. The molecule has 4 rings (SSSR count). The molecule has 0 unspecified atom stereocenters. The fraction of sp³-hybridized carbons (Fsp3) is 0.182. The number of hydrazone groups is 1. The van der Waals surface area contributed by atoms with E-state index < -0.39 is 0 Å². The maximum atomic E-state index is 12.7. The van der Waals surface area contributed by atoms with Gasteiger partial charge in [-0.1, -0.05) is 11.6 Å². The average molecular weight is 423 g/mol. The van der Waals surface area contributed by atoms with Gasteiger partial charge < -0.3 is 9.73 Å². The molecule has 1 aliphatic rings. The predicted molar refractivity (Wildman–Crippen MR) is 114 cm³/mol. The van der Waals surface area contributed by atoms with E-state index in [9.17, 15) is 9.59 Å². The first kappa shape index (κ1) is 19.8. The molecule has 2 aromatic heterocycles.